The lowest BCUT2D eigenvalue weighted by atomic mass is 9.89. The smallest absolute Gasteiger partial charge is 0.317 e. The van der Waals surface area contributed by atoms with Crippen molar-refractivity contribution >= 4 is 17.9 Å². The van der Waals surface area contributed by atoms with Crippen LogP contribution in [-0.2, 0) is 16.0 Å². The number of urea groups is 1. The standard InChI is InChI=1S/C19H27N3O4/c1-19(17(25)20-2)10-11-22(13-19)18(26)21-15(8-9-16(23)24)12-14-6-4-3-5-7-14/h3-7,15H,8-13H2,1-2H3,(H,20,25)(H,21,26)(H,23,24). The van der Waals surface area contributed by atoms with Crippen LogP contribution in [0.2, 0.25) is 0 Å². The Morgan fingerprint density at radius 1 is 1.27 bits per heavy atom. The number of benzene rings is 1. The van der Waals surface area contributed by atoms with Crippen molar-refractivity contribution in [2.75, 3.05) is 20.1 Å². The minimum Gasteiger partial charge on any atom is -0.481 e. The van der Waals surface area contributed by atoms with Crippen molar-refractivity contribution in [2.24, 2.45) is 5.41 Å². The number of carbonyl (C=O) groups is 3. The molecule has 0 aromatic heterocycles. The van der Waals surface area contributed by atoms with Gasteiger partial charge in [-0.05, 0) is 31.7 Å². The summed E-state index contributed by atoms with van der Waals surface area (Å²) >= 11 is 0. The van der Waals surface area contributed by atoms with Crippen molar-refractivity contribution in [3.8, 4) is 0 Å². The number of hydrogen-bond acceptors (Lipinski definition) is 3. The molecule has 2 rings (SSSR count). The third-order valence-corrected chi connectivity index (χ3v) is 4.89. The predicted octanol–water partition coefficient (Wildman–Crippen LogP) is 1.63. The molecule has 0 saturated carbocycles. The Morgan fingerprint density at radius 2 is 1.96 bits per heavy atom. The summed E-state index contributed by atoms with van der Waals surface area (Å²) in [5, 5.41) is 14.6. The van der Waals surface area contributed by atoms with Gasteiger partial charge in [0.15, 0.2) is 0 Å². The Morgan fingerprint density at radius 3 is 2.58 bits per heavy atom. The Balaban J connectivity index is 1.99. The van der Waals surface area contributed by atoms with Crippen molar-refractivity contribution in [1.29, 1.82) is 0 Å². The Hall–Kier alpha value is -2.57. The van der Waals surface area contributed by atoms with Crippen LogP contribution in [0.25, 0.3) is 0 Å². The van der Waals surface area contributed by atoms with Gasteiger partial charge in [0.25, 0.3) is 0 Å². The van der Waals surface area contributed by atoms with Crippen LogP contribution in [0, 0.1) is 5.41 Å². The SMILES string of the molecule is CNC(=O)C1(C)CCN(C(=O)NC(CCC(=O)O)Cc2ccccc2)C1. The van der Waals surface area contributed by atoms with Gasteiger partial charge in [-0.3, -0.25) is 9.59 Å². The summed E-state index contributed by atoms with van der Waals surface area (Å²) in [4.78, 5) is 37.2. The van der Waals surface area contributed by atoms with Crippen LogP contribution in [-0.4, -0.2) is 54.1 Å². The maximum absolute atomic E-state index is 12.6. The van der Waals surface area contributed by atoms with E-state index in [9.17, 15) is 14.4 Å². The van der Waals surface area contributed by atoms with Gasteiger partial charge in [0.2, 0.25) is 5.91 Å². The van der Waals surface area contributed by atoms with E-state index in [1.807, 2.05) is 37.3 Å². The van der Waals surface area contributed by atoms with Gasteiger partial charge in [0.1, 0.15) is 0 Å². The lowest BCUT2D eigenvalue weighted by Crippen LogP contribution is -2.47. The van der Waals surface area contributed by atoms with Gasteiger partial charge in [-0.2, -0.15) is 0 Å². The zero-order valence-electron chi connectivity index (χ0n) is 15.3. The fourth-order valence-electron chi connectivity index (χ4n) is 3.31. The van der Waals surface area contributed by atoms with Gasteiger partial charge in [0.05, 0.1) is 5.41 Å². The van der Waals surface area contributed by atoms with Crippen LogP contribution in [0.4, 0.5) is 4.79 Å². The van der Waals surface area contributed by atoms with Crippen LogP contribution < -0.4 is 10.6 Å². The van der Waals surface area contributed by atoms with E-state index < -0.39 is 11.4 Å². The molecule has 1 aromatic carbocycles. The van der Waals surface area contributed by atoms with Crippen molar-refractivity contribution in [3.05, 3.63) is 35.9 Å². The molecule has 1 aliphatic heterocycles. The highest BCUT2D eigenvalue weighted by molar-refractivity contribution is 5.84. The summed E-state index contributed by atoms with van der Waals surface area (Å²) in [6, 6.07) is 9.15. The maximum Gasteiger partial charge on any atom is 0.317 e. The number of carbonyl (C=O) groups excluding carboxylic acids is 2. The minimum absolute atomic E-state index is 0.00621. The zero-order valence-corrected chi connectivity index (χ0v) is 15.3. The first-order valence-electron chi connectivity index (χ1n) is 8.87. The Bertz CT molecular complexity index is 649. The molecule has 0 radical (unpaired) electrons. The monoisotopic (exact) mass is 361 g/mol. The molecule has 1 aromatic rings. The molecule has 0 bridgehead atoms. The molecule has 1 saturated heterocycles. The van der Waals surface area contributed by atoms with E-state index in [1.165, 1.54) is 0 Å². The largest absolute Gasteiger partial charge is 0.481 e. The molecule has 0 spiro atoms. The average molecular weight is 361 g/mol. The number of carboxylic acids is 1. The molecule has 1 aliphatic rings. The minimum atomic E-state index is -0.884. The van der Waals surface area contributed by atoms with E-state index in [0.717, 1.165) is 5.56 Å². The first kappa shape index (κ1) is 19.8. The van der Waals surface area contributed by atoms with Crippen LogP contribution in [0.1, 0.15) is 31.7 Å². The van der Waals surface area contributed by atoms with Gasteiger partial charge in [0, 0.05) is 32.6 Å². The van der Waals surface area contributed by atoms with Crippen LogP contribution >= 0.6 is 0 Å². The van der Waals surface area contributed by atoms with Crippen LogP contribution in [0.5, 0.6) is 0 Å². The zero-order chi connectivity index (χ0) is 19.2. The number of likely N-dealkylation sites (tertiary alicyclic amines) is 1. The Labute approximate surface area is 153 Å². The summed E-state index contributed by atoms with van der Waals surface area (Å²) in [6.45, 7) is 2.72. The average Bonchev–Trinajstić information content (AvgIpc) is 3.03. The van der Waals surface area contributed by atoms with Crippen LogP contribution in [0.15, 0.2) is 30.3 Å². The highest BCUT2D eigenvalue weighted by atomic mass is 16.4. The third-order valence-electron chi connectivity index (χ3n) is 4.89. The van der Waals surface area contributed by atoms with E-state index in [-0.39, 0.29) is 24.4 Å². The number of hydrogen-bond donors (Lipinski definition) is 3. The molecule has 2 atom stereocenters. The lowest BCUT2D eigenvalue weighted by Gasteiger charge is -2.25. The van der Waals surface area contributed by atoms with E-state index in [2.05, 4.69) is 10.6 Å². The van der Waals surface area contributed by atoms with E-state index >= 15 is 0 Å². The number of nitrogens with zero attached hydrogens (tertiary/aromatic N) is 1. The second-order valence-corrected chi connectivity index (χ2v) is 7.08. The highest BCUT2D eigenvalue weighted by Gasteiger charge is 2.41. The van der Waals surface area contributed by atoms with E-state index in [1.54, 1.807) is 11.9 Å². The predicted molar refractivity (Wildman–Crippen MR) is 97.7 cm³/mol. The van der Waals surface area contributed by atoms with Crippen molar-refractivity contribution < 1.29 is 19.5 Å². The van der Waals surface area contributed by atoms with Gasteiger partial charge in [-0.25, -0.2) is 4.79 Å². The van der Waals surface area contributed by atoms with Gasteiger partial charge in [-0.15, -0.1) is 0 Å². The molecule has 0 aliphatic carbocycles. The normalized spacial score (nSPS) is 20.5. The summed E-state index contributed by atoms with van der Waals surface area (Å²) in [5.74, 6) is -0.954. The number of amides is 3. The maximum atomic E-state index is 12.6. The van der Waals surface area contributed by atoms with E-state index in [4.69, 9.17) is 5.11 Å². The van der Waals surface area contributed by atoms with Crippen LogP contribution in [0.3, 0.4) is 0 Å². The lowest BCUT2D eigenvalue weighted by molar-refractivity contribution is -0.137. The van der Waals surface area contributed by atoms with E-state index in [0.29, 0.717) is 32.4 Å². The van der Waals surface area contributed by atoms with Crippen molar-refractivity contribution in [1.82, 2.24) is 15.5 Å². The van der Waals surface area contributed by atoms with Gasteiger partial charge >= 0.3 is 12.0 Å². The molecular weight excluding hydrogens is 334 g/mol. The molecule has 1 heterocycles. The second-order valence-electron chi connectivity index (χ2n) is 7.08. The molecule has 1 fully saturated rings. The summed E-state index contributed by atoms with van der Waals surface area (Å²) in [5.41, 5.74) is 0.460. The topological polar surface area (TPSA) is 98.7 Å². The number of rotatable bonds is 7. The first-order valence-corrected chi connectivity index (χ1v) is 8.87. The molecule has 7 heteroatoms. The van der Waals surface area contributed by atoms with Crippen molar-refractivity contribution in [3.63, 3.8) is 0 Å². The number of carboxylic acid groups (broad SMARTS) is 1. The molecule has 7 nitrogen and oxygen atoms in total. The van der Waals surface area contributed by atoms with Gasteiger partial charge in [-0.1, -0.05) is 30.3 Å². The molecule has 2 unspecified atom stereocenters. The highest BCUT2D eigenvalue weighted by Crippen LogP contribution is 2.30. The number of aliphatic carboxylic acids is 1. The third kappa shape index (κ3) is 5.21. The molecule has 3 N–H and O–H groups in total. The fourth-order valence-corrected chi connectivity index (χ4v) is 3.31. The molecule has 26 heavy (non-hydrogen) atoms. The Kier molecular flexibility index (Phi) is 6.60. The fraction of sp³-hybridized carbons (Fsp3) is 0.526. The second kappa shape index (κ2) is 8.69. The molecule has 3 amide bonds. The summed E-state index contributed by atoms with van der Waals surface area (Å²) in [6.07, 6.45) is 1.53. The number of nitrogens with one attached hydrogen (secondary N) is 2. The molecule has 142 valence electrons. The summed E-state index contributed by atoms with van der Waals surface area (Å²) in [7, 11) is 1.60. The summed E-state index contributed by atoms with van der Waals surface area (Å²) < 4.78 is 0. The quantitative estimate of drug-likeness (QED) is 0.687. The van der Waals surface area contributed by atoms with Gasteiger partial charge < -0.3 is 20.6 Å². The molecular formula is C19H27N3O4. The first-order chi connectivity index (χ1) is 12.3. The van der Waals surface area contributed by atoms with Crippen molar-refractivity contribution in [2.45, 2.75) is 38.6 Å².